The summed E-state index contributed by atoms with van der Waals surface area (Å²) in [5.41, 5.74) is 3.70. The number of carboxylic acid groups (broad SMARTS) is 1. The molecule has 0 radical (unpaired) electrons. The summed E-state index contributed by atoms with van der Waals surface area (Å²) in [4.78, 5) is 13.0. The van der Waals surface area contributed by atoms with Crippen LogP contribution in [0.15, 0.2) is 18.2 Å². The summed E-state index contributed by atoms with van der Waals surface area (Å²) in [6.07, 6.45) is 4.73. The first-order valence-corrected chi connectivity index (χ1v) is 6.73. The molecule has 1 aliphatic heterocycles. The Morgan fingerprint density at radius 1 is 1.28 bits per heavy atom. The SMILES string of the molecule is Cc1cc(CCC(=O)O)ccc1N1CCCCC1. The van der Waals surface area contributed by atoms with E-state index in [4.69, 9.17) is 5.11 Å². The number of carboxylic acids is 1. The lowest BCUT2D eigenvalue weighted by molar-refractivity contribution is -0.136. The molecule has 0 aromatic heterocycles. The van der Waals surface area contributed by atoms with E-state index in [2.05, 4.69) is 30.0 Å². The van der Waals surface area contributed by atoms with E-state index in [9.17, 15) is 4.79 Å². The summed E-state index contributed by atoms with van der Waals surface area (Å²) in [6.45, 7) is 4.42. The number of hydrogen-bond donors (Lipinski definition) is 1. The molecule has 3 heteroatoms. The van der Waals surface area contributed by atoms with Crippen molar-refractivity contribution in [2.75, 3.05) is 18.0 Å². The van der Waals surface area contributed by atoms with Gasteiger partial charge in [0, 0.05) is 25.2 Å². The molecule has 1 N–H and O–H groups in total. The van der Waals surface area contributed by atoms with Gasteiger partial charge >= 0.3 is 5.97 Å². The van der Waals surface area contributed by atoms with Crippen LogP contribution >= 0.6 is 0 Å². The first-order chi connectivity index (χ1) is 8.66. The lowest BCUT2D eigenvalue weighted by atomic mass is 10.0. The van der Waals surface area contributed by atoms with E-state index in [1.807, 2.05) is 0 Å². The molecular weight excluding hydrogens is 226 g/mol. The van der Waals surface area contributed by atoms with Crippen molar-refractivity contribution in [1.82, 2.24) is 0 Å². The van der Waals surface area contributed by atoms with E-state index in [1.165, 1.54) is 30.5 Å². The molecular formula is C15H21NO2. The Morgan fingerprint density at radius 3 is 2.61 bits per heavy atom. The Labute approximate surface area is 108 Å². The largest absolute Gasteiger partial charge is 0.481 e. The summed E-state index contributed by atoms with van der Waals surface area (Å²) < 4.78 is 0. The molecule has 1 saturated heterocycles. The van der Waals surface area contributed by atoms with Gasteiger partial charge in [-0.3, -0.25) is 4.79 Å². The highest BCUT2D eigenvalue weighted by molar-refractivity contribution is 5.67. The zero-order valence-corrected chi connectivity index (χ0v) is 11.0. The number of piperidine rings is 1. The van der Waals surface area contributed by atoms with Crippen molar-refractivity contribution < 1.29 is 9.90 Å². The predicted octanol–water partition coefficient (Wildman–Crippen LogP) is 3.00. The molecule has 0 saturated carbocycles. The quantitative estimate of drug-likeness (QED) is 0.889. The second-order valence-electron chi connectivity index (χ2n) is 5.06. The molecule has 0 spiro atoms. The molecule has 0 atom stereocenters. The molecule has 3 nitrogen and oxygen atoms in total. The second kappa shape index (κ2) is 5.89. The van der Waals surface area contributed by atoms with Gasteiger partial charge in [0.15, 0.2) is 0 Å². The van der Waals surface area contributed by atoms with Gasteiger partial charge in [-0.25, -0.2) is 0 Å². The van der Waals surface area contributed by atoms with Crippen molar-refractivity contribution >= 4 is 11.7 Å². The zero-order valence-electron chi connectivity index (χ0n) is 11.0. The minimum Gasteiger partial charge on any atom is -0.481 e. The molecule has 0 aliphatic carbocycles. The minimum atomic E-state index is -0.729. The van der Waals surface area contributed by atoms with Gasteiger partial charge in [-0.2, -0.15) is 0 Å². The first kappa shape index (κ1) is 12.9. The van der Waals surface area contributed by atoms with E-state index < -0.39 is 5.97 Å². The molecule has 1 fully saturated rings. The maximum atomic E-state index is 10.6. The fraction of sp³-hybridized carbons (Fsp3) is 0.533. The third-order valence-corrected chi connectivity index (χ3v) is 3.59. The van der Waals surface area contributed by atoms with Gasteiger partial charge in [-0.05, 0) is 49.8 Å². The van der Waals surface area contributed by atoms with Gasteiger partial charge in [-0.15, -0.1) is 0 Å². The van der Waals surface area contributed by atoms with Crippen molar-refractivity contribution in [3.05, 3.63) is 29.3 Å². The predicted molar refractivity (Wildman–Crippen MR) is 73.2 cm³/mol. The number of aryl methyl sites for hydroxylation is 2. The van der Waals surface area contributed by atoms with Crippen LogP contribution in [0.2, 0.25) is 0 Å². The van der Waals surface area contributed by atoms with E-state index in [1.54, 1.807) is 0 Å². The summed E-state index contributed by atoms with van der Waals surface area (Å²) >= 11 is 0. The van der Waals surface area contributed by atoms with Gasteiger partial charge in [0.1, 0.15) is 0 Å². The average Bonchev–Trinajstić information content (AvgIpc) is 2.37. The van der Waals surface area contributed by atoms with Crippen LogP contribution in [0.4, 0.5) is 5.69 Å². The van der Waals surface area contributed by atoms with Crippen molar-refractivity contribution in [3.63, 3.8) is 0 Å². The maximum absolute atomic E-state index is 10.6. The van der Waals surface area contributed by atoms with Crippen LogP contribution in [0.3, 0.4) is 0 Å². The molecule has 0 unspecified atom stereocenters. The van der Waals surface area contributed by atoms with Crippen molar-refractivity contribution in [3.8, 4) is 0 Å². The van der Waals surface area contributed by atoms with Crippen LogP contribution in [0.5, 0.6) is 0 Å². The third-order valence-electron chi connectivity index (χ3n) is 3.59. The van der Waals surface area contributed by atoms with Crippen LogP contribution in [0.25, 0.3) is 0 Å². The van der Waals surface area contributed by atoms with Gasteiger partial charge in [-0.1, -0.05) is 12.1 Å². The summed E-state index contributed by atoms with van der Waals surface area (Å²) in [7, 11) is 0. The Bertz CT molecular complexity index is 423. The topological polar surface area (TPSA) is 40.5 Å². The van der Waals surface area contributed by atoms with E-state index in [0.717, 1.165) is 18.7 Å². The van der Waals surface area contributed by atoms with Crippen molar-refractivity contribution in [1.29, 1.82) is 0 Å². The van der Waals surface area contributed by atoms with Crippen LogP contribution in [0.1, 0.15) is 36.8 Å². The van der Waals surface area contributed by atoms with E-state index in [-0.39, 0.29) is 6.42 Å². The second-order valence-corrected chi connectivity index (χ2v) is 5.06. The third kappa shape index (κ3) is 3.25. The summed E-state index contributed by atoms with van der Waals surface area (Å²) in [6, 6.07) is 6.35. The molecule has 1 aliphatic rings. The van der Waals surface area contributed by atoms with Crippen LogP contribution in [-0.4, -0.2) is 24.2 Å². The van der Waals surface area contributed by atoms with Gasteiger partial charge in [0.25, 0.3) is 0 Å². The number of aliphatic carboxylic acids is 1. The lowest BCUT2D eigenvalue weighted by Gasteiger charge is -2.30. The number of anilines is 1. The molecule has 0 amide bonds. The van der Waals surface area contributed by atoms with Crippen LogP contribution in [0, 0.1) is 6.92 Å². The Kier molecular flexibility index (Phi) is 4.24. The van der Waals surface area contributed by atoms with Gasteiger partial charge < -0.3 is 10.0 Å². The van der Waals surface area contributed by atoms with Crippen molar-refractivity contribution in [2.24, 2.45) is 0 Å². The van der Waals surface area contributed by atoms with E-state index in [0.29, 0.717) is 6.42 Å². The Morgan fingerprint density at radius 2 is 2.00 bits per heavy atom. The number of carbonyl (C=O) groups is 1. The summed E-state index contributed by atoms with van der Waals surface area (Å²) in [5, 5.41) is 8.69. The first-order valence-electron chi connectivity index (χ1n) is 6.73. The molecule has 2 rings (SSSR count). The maximum Gasteiger partial charge on any atom is 0.303 e. The smallest absolute Gasteiger partial charge is 0.303 e. The highest BCUT2D eigenvalue weighted by atomic mass is 16.4. The number of hydrogen-bond acceptors (Lipinski definition) is 2. The average molecular weight is 247 g/mol. The van der Waals surface area contributed by atoms with Gasteiger partial charge in [0.05, 0.1) is 0 Å². The lowest BCUT2D eigenvalue weighted by Crippen LogP contribution is -2.29. The molecule has 1 heterocycles. The number of benzene rings is 1. The fourth-order valence-corrected chi connectivity index (χ4v) is 2.61. The molecule has 98 valence electrons. The normalized spacial score (nSPS) is 15.7. The standard InChI is InChI=1S/C15H21NO2/c1-12-11-13(6-8-15(17)18)5-7-14(12)16-9-3-2-4-10-16/h5,7,11H,2-4,6,8-10H2,1H3,(H,17,18). The highest BCUT2D eigenvalue weighted by Gasteiger charge is 2.13. The monoisotopic (exact) mass is 247 g/mol. The van der Waals surface area contributed by atoms with Crippen molar-refractivity contribution in [2.45, 2.75) is 39.0 Å². The Balaban J connectivity index is 2.06. The van der Waals surface area contributed by atoms with E-state index >= 15 is 0 Å². The molecule has 0 bridgehead atoms. The van der Waals surface area contributed by atoms with Gasteiger partial charge in [0.2, 0.25) is 0 Å². The summed E-state index contributed by atoms with van der Waals surface area (Å²) in [5.74, 6) is -0.729. The number of rotatable bonds is 4. The van der Waals surface area contributed by atoms with Crippen LogP contribution < -0.4 is 4.90 Å². The highest BCUT2D eigenvalue weighted by Crippen LogP contribution is 2.25. The molecule has 1 aromatic rings. The fourth-order valence-electron chi connectivity index (χ4n) is 2.61. The Hall–Kier alpha value is -1.51. The molecule has 1 aromatic carbocycles. The minimum absolute atomic E-state index is 0.211. The number of nitrogens with zero attached hydrogens (tertiary/aromatic N) is 1. The van der Waals surface area contributed by atoms with Crippen LogP contribution in [-0.2, 0) is 11.2 Å². The zero-order chi connectivity index (χ0) is 13.0. The molecule has 18 heavy (non-hydrogen) atoms.